The maximum Gasteiger partial charge on any atom is 0.330 e. The Morgan fingerprint density at radius 1 is 1.44 bits per heavy atom. The number of carboxylic acids is 1. The summed E-state index contributed by atoms with van der Waals surface area (Å²) in [5.74, 6) is -0.945. The maximum absolute atomic E-state index is 10.5. The van der Waals surface area contributed by atoms with Crippen LogP contribution in [0.3, 0.4) is 0 Å². The van der Waals surface area contributed by atoms with E-state index in [1.54, 1.807) is 0 Å². The van der Waals surface area contributed by atoms with Crippen LogP contribution in [0.5, 0.6) is 0 Å². The van der Waals surface area contributed by atoms with Gasteiger partial charge in [0, 0.05) is 0 Å². The number of aryl methyl sites for hydroxylation is 1. The first-order valence-electron chi connectivity index (χ1n) is 5.25. The number of azo groups is 1. The Morgan fingerprint density at radius 2 is 2.12 bits per heavy atom. The van der Waals surface area contributed by atoms with E-state index in [1.165, 1.54) is 18.1 Å². The molecule has 0 radical (unpaired) electrons. The van der Waals surface area contributed by atoms with Crippen LogP contribution in [0.2, 0.25) is 0 Å². The van der Waals surface area contributed by atoms with E-state index in [0.717, 1.165) is 6.42 Å². The van der Waals surface area contributed by atoms with Gasteiger partial charge in [-0.3, -0.25) is 0 Å². The van der Waals surface area contributed by atoms with Crippen molar-refractivity contribution in [1.29, 1.82) is 0 Å². The van der Waals surface area contributed by atoms with E-state index in [2.05, 4.69) is 10.2 Å². The molecule has 4 heteroatoms. The normalized spacial score (nSPS) is 12.9. The molecule has 0 bridgehead atoms. The minimum atomic E-state index is -0.945. The van der Waals surface area contributed by atoms with Crippen LogP contribution < -0.4 is 0 Å². The lowest BCUT2D eigenvalue weighted by molar-refractivity contribution is -0.138. The van der Waals surface area contributed by atoms with E-state index in [0.29, 0.717) is 6.54 Å². The molecule has 1 unspecified atom stereocenters. The molecule has 0 heterocycles. The number of nitrogens with zero attached hydrogens (tertiary/aromatic N) is 2. The maximum atomic E-state index is 10.5. The SMILES string of the molecule is Cc1ccccc1CCN=NC(C)C(=O)O. The Morgan fingerprint density at radius 3 is 2.75 bits per heavy atom. The molecular weight excluding hydrogens is 204 g/mol. The molecule has 1 aromatic rings. The Kier molecular flexibility index (Phi) is 4.64. The molecule has 0 saturated carbocycles. The van der Waals surface area contributed by atoms with Crippen molar-refractivity contribution in [3.8, 4) is 0 Å². The molecule has 1 atom stereocenters. The minimum absolute atomic E-state index is 0.530. The zero-order valence-electron chi connectivity index (χ0n) is 9.55. The van der Waals surface area contributed by atoms with Crippen LogP contribution in [0.25, 0.3) is 0 Å². The van der Waals surface area contributed by atoms with Gasteiger partial charge in [-0.2, -0.15) is 10.2 Å². The number of hydrogen-bond acceptors (Lipinski definition) is 3. The van der Waals surface area contributed by atoms with Crippen LogP contribution >= 0.6 is 0 Å². The first kappa shape index (κ1) is 12.4. The van der Waals surface area contributed by atoms with Crippen LogP contribution in [0.4, 0.5) is 0 Å². The number of benzene rings is 1. The average Bonchev–Trinajstić information content (AvgIpc) is 2.26. The van der Waals surface area contributed by atoms with Gasteiger partial charge >= 0.3 is 5.97 Å². The molecule has 0 fully saturated rings. The molecule has 1 aromatic carbocycles. The molecule has 0 aliphatic carbocycles. The number of aliphatic carboxylic acids is 1. The van der Waals surface area contributed by atoms with Gasteiger partial charge in [0.15, 0.2) is 6.04 Å². The number of rotatable bonds is 5. The molecule has 0 aliphatic rings. The number of hydrogen-bond donors (Lipinski definition) is 1. The van der Waals surface area contributed by atoms with E-state index in [1.807, 2.05) is 31.2 Å². The van der Waals surface area contributed by atoms with Gasteiger partial charge in [0.1, 0.15) is 0 Å². The molecule has 0 saturated heterocycles. The van der Waals surface area contributed by atoms with Crippen LogP contribution in [-0.4, -0.2) is 23.7 Å². The Bertz CT molecular complexity index is 388. The fourth-order valence-corrected chi connectivity index (χ4v) is 1.29. The van der Waals surface area contributed by atoms with Crippen LogP contribution in [0.1, 0.15) is 18.1 Å². The summed E-state index contributed by atoms with van der Waals surface area (Å²) in [6, 6.07) is 7.32. The molecule has 0 aliphatic heterocycles. The van der Waals surface area contributed by atoms with Crippen molar-refractivity contribution in [2.24, 2.45) is 10.2 Å². The van der Waals surface area contributed by atoms with Crippen molar-refractivity contribution in [2.45, 2.75) is 26.3 Å². The number of carbonyl (C=O) groups is 1. The summed E-state index contributed by atoms with van der Waals surface area (Å²) in [5.41, 5.74) is 2.45. The molecule has 0 aromatic heterocycles. The van der Waals surface area contributed by atoms with Gasteiger partial charge < -0.3 is 5.11 Å². The zero-order valence-corrected chi connectivity index (χ0v) is 9.55. The lowest BCUT2D eigenvalue weighted by atomic mass is 10.1. The molecular formula is C12H16N2O2. The van der Waals surface area contributed by atoms with Crippen molar-refractivity contribution in [3.05, 3.63) is 35.4 Å². The Balaban J connectivity index is 2.42. The lowest BCUT2D eigenvalue weighted by Gasteiger charge is -2.02. The van der Waals surface area contributed by atoms with Crippen molar-refractivity contribution >= 4 is 5.97 Å². The summed E-state index contributed by atoms with van der Waals surface area (Å²) in [4.78, 5) is 10.5. The molecule has 1 rings (SSSR count). The second-order valence-electron chi connectivity index (χ2n) is 3.67. The average molecular weight is 220 g/mol. The smallest absolute Gasteiger partial charge is 0.330 e. The molecule has 16 heavy (non-hydrogen) atoms. The fourth-order valence-electron chi connectivity index (χ4n) is 1.29. The third-order valence-corrected chi connectivity index (χ3v) is 2.35. The first-order valence-corrected chi connectivity index (χ1v) is 5.25. The highest BCUT2D eigenvalue weighted by atomic mass is 16.4. The molecule has 86 valence electrons. The molecule has 0 amide bonds. The molecule has 1 N–H and O–H groups in total. The highest BCUT2D eigenvalue weighted by molar-refractivity contribution is 5.72. The van der Waals surface area contributed by atoms with Crippen molar-refractivity contribution < 1.29 is 9.90 Å². The van der Waals surface area contributed by atoms with Gasteiger partial charge in [0.25, 0.3) is 0 Å². The van der Waals surface area contributed by atoms with Gasteiger partial charge in [0.05, 0.1) is 6.54 Å². The Labute approximate surface area is 95.0 Å². The molecule has 0 spiro atoms. The van der Waals surface area contributed by atoms with Crippen molar-refractivity contribution in [3.63, 3.8) is 0 Å². The van der Waals surface area contributed by atoms with Gasteiger partial charge in [-0.1, -0.05) is 24.3 Å². The van der Waals surface area contributed by atoms with Crippen molar-refractivity contribution in [1.82, 2.24) is 0 Å². The summed E-state index contributed by atoms with van der Waals surface area (Å²) < 4.78 is 0. The number of carboxylic acid groups (broad SMARTS) is 1. The van der Waals surface area contributed by atoms with E-state index in [4.69, 9.17) is 5.11 Å². The topological polar surface area (TPSA) is 62.0 Å². The highest BCUT2D eigenvalue weighted by Crippen LogP contribution is 2.07. The largest absolute Gasteiger partial charge is 0.480 e. The van der Waals surface area contributed by atoms with E-state index in [9.17, 15) is 4.79 Å². The van der Waals surface area contributed by atoms with Crippen LogP contribution in [0, 0.1) is 6.92 Å². The minimum Gasteiger partial charge on any atom is -0.480 e. The second-order valence-corrected chi connectivity index (χ2v) is 3.67. The van der Waals surface area contributed by atoms with Gasteiger partial charge in [-0.15, -0.1) is 0 Å². The molecule has 4 nitrogen and oxygen atoms in total. The summed E-state index contributed by atoms with van der Waals surface area (Å²) in [6.45, 7) is 4.09. The highest BCUT2D eigenvalue weighted by Gasteiger charge is 2.07. The first-order chi connectivity index (χ1) is 7.61. The fraction of sp³-hybridized carbons (Fsp3) is 0.417. The lowest BCUT2D eigenvalue weighted by Crippen LogP contribution is -2.12. The monoisotopic (exact) mass is 220 g/mol. The third kappa shape index (κ3) is 3.81. The third-order valence-electron chi connectivity index (χ3n) is 2.35. The summed E-state index contributed by atoms with van der Waals surface area (Å²) in [6.07, 6.45) is 0.794. The van der Waals surface area contributed by atoms with Gasteiger partial charge in [0.2, 0.25) is 0 Å². The van der Waals surface area contributed by atoms with Crippen LogP contribution in [-0.2, 0) is 11.2 Å². The van der Waals surface area contributed by atoms with Crippen LogP contribution in [0.15, 0.2) is 34.5 Å². The van der Waals surface area contributed by atoms with E-state index in [-0.39, 0.29) is 0 Å². The van der Waals surface area contributed by atoms with E-state index < -0.39 is 12.0 Å². The second kappa shape index (κ2) is 6.00. The Hall–Kier alpha value is -1.71. The summed E-state index contributed by atoms with van der Waals surface area (Å²) in [5, 5.41) is 16.2. The van der Waals surface area contributed by atoms with E-state index >= 15 is 0 Å². The predicted octanol–water partition coefficient (Wildman–Crippen LogP) is 2.46. The van der Waals surface area contributed by atoms with Gasteiger partial charge in [-0.25, -0.2) is 4.79 Å². The van der Waals surface area contributed by atoms with Gasteiger partial charge in [-0.05, 0) is 31.4 Å². The van der Waals surface area contributed by atoms with Crippen molar-refractivity contribution in [2.75, 3.05) is 6.54 Å². The summed E-state index contributed by atoms with van der Waals surface area (Å²) >= 11 is 0. The zero-order chi connectivity index (χ0) is 12.0. The standard InChI is InChI=1S/C12H16N2O2/c1-9-5-3-4-6-11(9)7-8-13-14-10(2)12(15)16/h3-6,10H,7-8H2,1-2H3,(H,15,16). The summed E-state index contributed by atoms with van der Waals surface area (Å²) in [7, 11) is 0. The quantitative estimate of drug-likeness (QED) is 0.775. The predicted molar refractivity (Wildman–Crippen MR) is 61.7 cm³/mol.